The van der Waals surface area contributed by atoms with Gasteiger partial charge in [-0.15, -0.1) is 0 Å². The molecule has 6 nitrogen and oxygen atoms in total. The Bertz CT molecular complexity index is 752. The number of hydrogen-bond donors (Lipinski definition) is 1. The van der Waals surface area contributed by atoms with Crippen LogP contribution in [-0.4, -0.2) is 35.5 Å². The molecule has 0 radical (unpaired) electrons. The van der Waals surface area contributed by atoms with Gasteiger partial charge in [0.05, 0.1) is 22.5 Å². The SMILES string of the molecule is CS(=O)(=O)c1cnn(-c2ccc(C(=O)O)c(Cl)c2)c1. The number of nitrogens with zero attached hydrogens (tertiary/aromatic N) is 2. The fraction of sp³-hybridized carbons (Fsp3) is 0.0909. The number of aromatic carboxylic acids is 1. The number of halogens is 1. The minimum atomic E-state index is -3.33. The number of carboxylic acids is 1. The van der Waals surface area contributed by atoms with Gasteiger partial charge in [-0.25, -0.2) is 17.9 Å². The van der Waals surface area contributed by atoms with Crippen molar-refractivity contribution in [2.75, 3.05) is 6.26 Å². The maximum absolute atomic E-state index is 11.3. The van der Waals surface area contributed by atoms with Crippen molar-refractivity contribution in [1.82, 2.24) is 9.78 Å². The van der Waals surface area contributed by atoms with Gasteiger partial charge in [-0.1, -0.05) is 11.6 Å². The fourth-order valence-corrected chi connectivity index (χ4v) is 2.24. The fourth-order valence-electron chi connectivity index (χ4n) is 1.46. The van der Waals surface area contributed by atoms with Crippen LogP contribution < -0.4 is 0 Å². The second kappa shape index (κ2) is 4.67. The topological polar surface area (TPSA) is 89.3 Å². The first kappa shape index (κ1) is 13.6. The molecule has 0 amide bonds. The number of hydrogen-bond acceptors (Lipinski definition) is 4. The van der Waals surface area contributed by atoms with Crippen molar-refractivity contribution in [3.05, 3.63) is 41.2 Å². The average molecular weight is 301 g/mol. The van der Waals surface area contributed by atoms with Crippen molar-refractivity contribution in [3.8, 4) is 5.69 Å². The summed E-state index contributed by atoms with van der Waals surface area (Å²) in [5.41, 5.74) is 0.450. The predicted octanol–water partition coefficient (Wildman–Crippen LogP) is 1.63. The Kier molecular flexibility index (Phi) is 3.34. The molecule has 0 aliphatic rings. The summed E-state index contributed by atoms with van der Waals surface area (Å²) >= 11 is 5.83. The molecule has 1 N–H and O–H groups in total. The minimum absolute atomic E-state index is 0.0269. The molecule has 0 fully saturated rings. The zero-order valence-corrected chi connectivity index (χ0v) is 11.3. The Morgan fingerprint density at radius 3 is 2.58 bits per heavy atom. The molecule has 0 atom stereocenters. The highest BCUT2D eigenvalue weighted by Crippen LogP contribution is 2.21. The molecule has 0 saturated heterocycles. The Morgan fingerprint density at radius 1 is 1.42 bits per heavy atom. The van der Waals surface area contributed by atoms with Crippen molar-refractivity contribution in [3.63, 3.8) is 0 Å². The van der Waals surface area contributed by atoms with Gasteiger partial charge in [-0.05, 0) is 18.2 Å². The maximum Gasteiger partial charge on any atom is 0.337 e. The summed E-state index contributed by atoms with van der Waals surface area (Å²) in [5, 5.41) is 12.8. The maximum atomic E-state index is 11.3. The third kappa shape index (κ3) is 2.77. The number of rotatable bonds is 3. The Hall–Kier alpha value is -1.86. The summed E-state index contributed by atoms with van der Waals surface area (Å²) in [5.74, 6) is -1.13. The lowest BCUT2D eigenvalue weighted by Gasteiger charge is -2.04. The van der Waals surface area contributed by atoms with Crippen molar-refractivity contribution in [1.29, 1.82) is 0 Å². The molecule has 1 heterocycles. The van der Waals surface area contributed by atoms with Crippen LogP contribution in [0.1, 0.15) is 10.4 Å². The van der Waals surface area contributed by atoms with E-state index in [9.17, 15) is 13.2 Å². The van der Waals surface area contributed by atoms with E-state index in [-0.39, 0.29) is 15.5 Å². The lowest BCUT2D eigenvalue weighted by atomic mass is 10.2. The van der Waals surface area contributed by atoms with E-state index in [1.807, 2.05) is 0 Å². The molecule has 1 aromatic heterocycles. The van der Waals surface area contributed by atoms with Crippen LogP contribution in [0.2, 0.25) is 5.02 Å². The second-order valence-corrected chi connectivity index (χ2v) is 6.29. The predicted molar refractivity (Wildman–Crippen MR) is 68.6 cm³/mol. The molecule has 8 heteroatoms. The van der Waals surface area contributed by atoms with Crippen LogP contribution in [0.25, 0.3) is 5.69 Å². The average Bonchev–Trinajstić information content (AvgIpc) is 2.76. The van der Waals surface area contributed by atoms with E-state index in [1.54, 1.807) is 0 Å². The van der Waals surface area contributed by atoms with E-state index >= 15 is 0 Å². The van der Waals surface area contributed by atoms with Crippen LogP contribution >= 0.6 is 11.6 Å². The molecule has 0 saturated carbocycles. The van der Waals surface area contributed by atoms with Gasteiger partial charge < -0.3 is 5.11 Å². The van der Waals surface area contributed by atoms with Crippen molar-refractivity contribution in [2.24, 2.45) is 0 Å². The van der Waals surface area contributed by atoms with Gasteiger partial charge in [0.25, 0.3) is 0 Å². The highest BCUT2D eigenvalue weighted by Gasteiger charge is 2.13. The normalized spacial score (nSPS) is 11.5. The van der Waals surface area contributed by atoms with E-state index in [0.29, 0.717) is 5.69 Å². The molecule has 2 aromatic rings. The van der Waals surface area contributed by atoms with Crippen LogP contribution in [0.15, 0.2) is 35.5 Å². The smallest absolute Gasteiger partial charge is 0.337 e. The number of benzene rings is 1. The first-order valence-corrected chi connectivity index (χ1v) is 7.34. The zero-order chi connectivity index (χ0) is 14.2. The van der Waals surface area contributed by atoms with E-state index < -0.39 is 15.8 Å². The summed E-state index contributed by atoms with van der Waals surface area (Å²) in [6.07, 6.45) is 3.63. The lowest BCUT2D eigenvalue weighted by Crippen LogP contribution is -2.00. The molecule has 1 aromatic carbocycles. The Morgan fingerprint density at radius 2 is 2.11 bits per heavy atom. The molecular formula is C11H9ClN2O4S. The number of carboxylic acid groups (broad SMARTS) is 1. The quantitative estimate of drug-likeness (QED) is 0.930. The molecular weight excluding hydrogens is 292 g/mol. The van der Waals surface area contributed by atoms with Gasteiger partial charge in [-0.3, -0.25) is 0 Å². The van der Waals surface area contributed by atoms with Crippen LogP contribution in [0.3, 0.4) is 0 Å². The summed E-state index contributed by atoms with van der Waals surface area (Å²) in [6.45, 7) is 0. The van der Waals surface area contributed by atoms with Crippen LogP contribution in [-0.2, 0) is 9.84 Å². The van der Waals surface area contributed by atoms with Crippen LogP contribution in [0, 0.1) is 0 Å². The van der Waals surface area contributed by atoms with Gasteiger partial charge in [0.2, 0.25) is 0 Å². The molecule has 2 rings (SSSR count). The monoisotopic (exact) mass is 300 g/mol. The van der Waals surface area contributed by atoms with Crippen molar-refractivity contribution >= 4 is 27.4 Å². The summed E-state index contributed by atoms with van der Waals surface area (Å²) in [7, 11) is -3.33. The number of aromatic nitrogens is 2. The van der Waals surface area contributed by atoms with Gasteiger partial charge >= 0.3 is 5.97 Å². The highest BCUT2D eigenvalue weighted by atomic mass is 35.5. The number of sulfone groups is 1. The highest BCUT2D eigenvalue weighted by molar-refractivity contribution is 7.90. The summed E-state index contributed by atoms with van der Waals surface area (Å²) in [4.78, 5) is 10.9. The molecule has 0 aliphatic carbocycles. The van der Waals surface area contributed by atoms with E-state index in [2.05, 4.69) is 5.10 Å². The van der Waals surface area contributed by atoms with Crippen molar-refractivity contribution < 1.29 is 18.3 Å². The van der Waals surface area contributed by atoms with E-state index in [1.165, 1.54) is 35.3 Å². The minimum Gasteiger partial charge on any atom is -0.478 e. The third-order valence-electron chi connectivity index (χ3n) is 2.43. The standard InChI is InChI=1S/C11H9ClN2O4S/c1-19(17,18)8-5-13-14(6-8)7-2-3-9(11(15)16)10(12)4-7/h2-6H,1H3,(H,15,16). The summed E-state index contributed by atoms with van der Waals surface area (Å²) < 4.78 is 24.0. The van der Waals surface area contributed by atoms with Gasteiger partial charge in [0.1, 0.15) is 4.90 Å². The largest absolute Gasteiger partial charge is 0.478 e. The van der Waals surface area contributed by atoms with Gasteiger partial charge in [-0.2, -0.15) is 5.10 Å². The van der Waals surface area contributed by atoms with E-state index in [4.69, 9.17) is 16.7 Å². The Labute approximate surface area is 114 Å². The summed E-state index contributed by atoms with van der Waals surface area (Å²) in [6, 6.07) is 4.24. The van der Waals surface area contributed by atoms with Crippen LogP contribution in [0.5, 0.6) is 0 Å². The molecule has 19 heavy (non-hydrogen) atoms. The molecule has 0 spiro atoms. The van der Waals surface area contributed by atoms with Gasteiger partial charge in [0.15, 0.2) is 9.84 Å². The molecule has 0 unspecified atom stereocenters. The van der Waals surface area contributed by atoms with Gasteiger partial charge in [0, 0.05) is 12.5 Å². The molecule has 0 bridgehead atoms. The van der Waals surface area contributed by atoms with Crippen molar-refractivity contribution in [2.45, 2.75) is 4.90 Å². The van der Waals surface area contributed by atoms with Crippen LogP contribution in [0.4, 0.5) is 0 Å². The second-order valence-electron chi connectivity index (χ2n) is 3.86. The first-order chi connectivity index (χ1) is 8.79. The molecule has 100 valence electrons. The van der Waals surface area contributed by atoms with E-state index in [0.717, 1.165) is 6.26 Å². The third-order valence-corrected chi connectivity index (χ3v) is 3.81. The number of carbonyl (C=O) groups is 1. The lowest BCUT2D eigenvalue weighted by molar-refractivity contribution is 0.0697. The first-order valence-electron chi connectivity index (χ1n) is 5.07. The molecule has 0 aliphatic heterocycles. The zero-order valence-electron chi connectivity index (χ0n) is 9.74. The Balaban J connectivity index is 2.46.